The van der Waals surface area contributed by atoms with Crippen LogP contribution in [0, 0.1) is 0 Å². The quantitative estimate of drug-likeness (QED) is 0.371. The zero-order valence-electron chi connectivity index (χ0n) is 20.8. The fraction of sp³-hybridized carbons (Fsp3) is 0.259. The van der Waals surface area contributed by atoms with Gasteiger partial charge in [0.1, 0.15) is 12.6 Å². The molecule has 0 bridgehead atoms. The molecule has 0 radical (unpaired) electrons. The Labute approximate surface area is 228 Å². The van der Waals surface area contributed by atoms with Crippen LogP contribution in [0.5, 0.6) is 0 Å². The molecule has 1 atom stereocenters. The number of amides is 2. The lowest BCUT2D eigenvalue weighted by Crippen LogP contribution is -2.52. The van der Waals surface area contributed by atoms with Gasteiger partial charge in [-0.2, -0.15) is 0 Å². The molecule has 0 aliphatic heterocycles. The number of rotatable bonds is 10. The molecule has 2 amide bonds. The fourth-order valence-electron chi connectivity index (χ4n) is 3.70. The highest BCUT2D eigenvalue weighted by molar-refractivity contribution is 7.92. The van der Waals surface area contributed by atoms with E-state index < -0.39 is 28.5 Å². The van der Waals surface area contributed by atoms with Crippen molar-refractivity contribution in [3.63, 3.8) is 0 Å². The molecule has 37 heavy (non-hydrogen) atoms. The van der Waals surface area contributed by atoms with Crippen molar-refractivity contribution in [3.05, 3.63) is 94.5 Å². The monoisotopic (exact) mass is 561 g/mol. The molecule has 1 N–H and O–H groups in total. The second-order valence-corrected chi connectivity index (χ2v) is 11.5. The lowest BCUT2D eigenvalue weighted by Gasteiger charge is -2.32. The van der Waals surface area contributed by atoms with Crippen molar-refractivity contribution in [2.24, 2.45) is 0 Å². The van der Waals surface area contributed by atoms with E-state index in [1.165, 1.54) is 35.2 Å². The fourth-order valence-corrected chi connectivity index (χ4v) is 5.63. The number of nitrogens with one attached hydrogen (secondary N) is 1. The summed E-state index contributed by atoms with van der Waals surface area (Å²) in [6.07, 6.45) is 0. The first-order valence-corrected chi connectivity index (χ1v) is 13.9. The van der Waals surface area contributed by atoms with Crippen LogP contribution >= 0.6 is 23.2 Å². The molecule has 3 aromatic carbocycles. The number of anilines is 1. The maximum atomic E-state index is 13.8. The Bertz CT molecular complexity index is 1320. The van der Waals surface area contributed by atoms with E-state index >= 15 is 0 Å². The standard InChI is InChI=1S/C27H29Cl2N3O4S/c1-19(2)30-27(34)20(3)31(17-21-10-6-4-7-11-21)26(33)18-32(24-15-22(28)14-23(29)16-24)37(35,36)25-12-8-5-9-13-25/h4-16,19-20H,17-18H2,1-3H3,(H,30,34)/t20-/m1/s1. The summed E-state index contributed by atoms with van der Waals surface area (Å²) in [5.74, 6) is -0.909. The Balaban J connectivity index is 2.04. The molecule has 196 valence electrons. The van der Waals surface area contributed by atoms with E-state index in [1.807, 2.05) is 44.2 Å². The number of hydrogen-bond acceptors (Lipinski definition) is 4. The van der Waals surface area contributed by atoms with Gasteiger partial charge in [0.05, 0.1) is 10.6 Å². The number of sulfonamides is 1. The van der Waals surface area contributed by atoms with Crippen LogP contribution in [0.4, 0.5) is 5.69 Å². The van der Waals surface area contributed by atoms with Crippen LogP contribution in [0.25, 0.3) is 0 Å². The summed E-state index contributed by atoms with van der Waals surface area (Å²) in [6.45, 7) is 4.81. The van der Waals surface area contributed by atoms with Gasteiger partial charge in [-0.3, -0.25) is 13.9 Å². The Hall–Kier alpha value is -3.07. The molecule has 0 saturated heterocycles. The number of carbonyl (C=O) groups is 2. The zero-order valence-corrected chi connectivity index (χ0v) is 23.1. The van der Waals surface area contributed by atoms with Crippen LogP contribution in [0.1, 0.15) is 26.3 Å². The first-order chi connectivity index (χ1) is 17.5. The van der Waals surface area contributed by atoms with Crippen molar-refractivity contribution in [2.75, 3.05) is 10.8 Å². The van der Waals surface area contributed by atoms with E-state index in [0.717, 1.165) is 9.87 Å². The second-order valence-electron chi connectivity index (χ2n) is 8.80. The number of carbonyl (C=O) groups excluding carboxylic acids is 2. The third-order valence-corrected chi connectivity index (χ3v) is 7.76. The highest BCUT2D eigenvalue weighted by atomic mass is 35.5. The summed E-state index contributed by atoms with van der Waals surface area (Å²) in [6, 6.07) is 20.3. The Kier molecular flexibility index (Phi) is 9.59. The summed E-state index contributed by atoms with van der Waals surface area (Å²) >= 11 is 12.4. The van der Waals surface area contributed by atoms with Crippen LogP contribution in [-0.4, -0.2) is 43.8 Å². The van der Waals surface area contributed by atoms with Crippen LogP contribution in [-0.2, 0) is 26.2 Å². The predicted octanol–water partition coefficient (Wildman–Crippen LogP) is 5.13. The predicted molar refractivity (Wildman–Crippen MR) is 147 cm³/mol. The van der Waals surface area contributed by atoms with E-state index in [1.54, 1.807) is 25.1 Å². The minimum absolute atomic E-state index is 0.000827. The third kappa shape index (κ3) is 7.47. The van der Waals surface area contributed by atoms with Crippen molar-refractivity contribution >= 4 is 50.7 Å². The summed E-state index contributed by atoms with van der Waals surface area (Å²) in [5, 5.41) is 3.25. The molecule has 0 aromatic heterocycles. The Morgan fingerprint density at radius 1 is 0.865 bits per heavy atom. The summed E-state index contributed by atoms with van der Waals surface area (Å²) < 4.78 is 28.4. The Morgan fingerprint density at radius 3 is 1.95 bits per heavy atom. The van der Waals surface area contributed by atoms with Gasteiger partial charge in [0.25, 0.3) is 10.0 Å². The van der Waals surface area contributed by atoms with Crippen LogP contribution < -0.4 is 9.62 Å². The van der Waals surface area contributed by atoms with Crippen molar-refractivity contribution in [1.82, 2.24) is 10.2 Å². The molecular weight excluding hydrogens is 533 g/mol. The van der Waals surface area contributed by atoms with Gasteiger partial charge in [-0.1, -0.05) is 71.7 Å². The van der Waals surface area contributed by atoms with Crippen molar-refractivity contribution in [1.29, 1.82) is 0 Å². The number of halogens is 2. The van der Waals surface area contributed by atoms with E-state index in [0.29, 0.717) is 0 Å². The van der Waals surface area contributed by atoms with Crippen LogP contribution in [0.3, 0.4) is 0 Å². The van der Waals surface area contributed by atoms with E-state index in [-0.39, 0.29) is 39.1 Å². The highest BCUT2D eigenvalue weighted by Gasteiger charge is 2.32. The van der Waals surface area contributed by atoms with E-state index in [4.69, 9.17) is 23.2 Å². The molecule has 3 aromatic rings. The van der Waals surface area contributed by atoms with Gasteiger partial charge in [-0.25, -0.2) is 8.42 Å². The first kappa shape index (κ1) is 28.5. The summed E-state index contributed by atoms with van der Waals surface area (Å²) in [4.78, 5) is 28.0. The van der Waals surface area contributed by atoms with Crippen molar-refractivity contribution < 1.29 is 18.0 Å². The molecule has 0 saturated carbocycles. The average molecular weight is 563 g/mol. The van der Waals surface area contributed by atoms with Crippen LogP contribution in [0.2, 0.25) is 10.0 Å². The van der Waals surface area contributed by atoms with Crippen molar-refractivity contribution in [2.45, 2.75) is 44.3 Å². The smallest absolute Gasteiger partial charge is 0.264 e. The largest absolute Gasteiger partial charge is 0.352 e. The lowest BCUT2D eigenvalue weighted by atomic mass is 10.1. The minimum atomic E-state index is -4.19. The lowest BCUT2D eigenvalue weighted by molar-refractivity contribution is -0.139. The van der Waals surface area contributed by atoms with Gasteiger partial charge in [-0.15, -0.1) is 0 Å². The molecular formula is C27H29Cl2N3O4S. The Morgan fingerprint density at radius 2 is 1.41 bits per heavy atom. The van der Waals surface area contributed by atoms with Gasteiger partial charge in [0.15, 0.2) is 0 Å². The molecule has 0 heterocycles. The maximum Gasteiger partial charge on any atom is 0.264 e. The SMILES string of the molecule is CC(C)NC(=O)[C@@H](C)N(Cc1ccccc1)C(=O)CN(c1cc(Cl)cc(Cl)c1)S(=O)(=O)c1ccccc1. The normalized spacial score (nSPS) is 12.2. The third-order valence-electron chi connectivity index (χ3n) is 5.54. The average Bonchev–Trinajstić information content (AvgIpc) is 2.85. The van der Waals surface area contributed by atoms with Crippen molar-refractivity contribution in [3.8, 4) is 0 Å². The zero-order chi connectivity index (χ0) is 27.2. The highest BCUT2D eigenvalue weighted by Crippen LogP contribution is 2.30. The summed E-state index contributed by atoms with van der Waals surface area (Å²) in [7, 11) is -4.19. The van der Waals surface area contributed by atoms with Crippen LogP contribution in [0.15, 0.2) is 83.8 Å². The minimum Gasteiger partial charge on any atom is -0.352 e. The number of benzene rings is 3. The molecule has 0 fully saturated rings. The van der Waals surface area contributed by atoms with Gasteiger partial charge < -0.3 is 10.2 Å². The van der Waals surface area contributed by atoms with Gasteiger partial charge in [-0.05, 0) is 56.7 Å². The molecule has 7 nitrogen and oxygen atoms in total. The van der Waals surface area contributed by atoms with Gasteiger partial charge in [0.2, 0.25) is 11.8 Å². The first-order valence-electron chi connectivity index (χ1n) is 11.7. The topological polar surface area (TPSA) is 86.8 Å². The molecule has 0 spiro atoms. The molecule has 10 heteroatoms. The number of nitrogens with zero attached hydrogens (tertiary/aromatic N) is 2. The maximum absolute atomic E-state index is 13.8. The van der Waals surface area contributed by atoms with Gasteiger partial charge >= 0.3 is 0 Å². The molecule has 0 aliphatic rings. The van der Waals surface area contributed by atoms with E-state index in [2.05, 4.69) is 5.32 Å². The molecule has 3 rings (SSSR count). The second kappa shape index (κ2) is 12.4. The van der Waals surface area contributed by atoms with Gasteiger partial charge in [0, 0.05) is 22.6 Å². The molecule has 0 aliphatic carbocycles. The summed E-state index contributed by atoms with van der Waals surface area (Å²) in [5.41, 5.74) is 0.928. The molecule has 0 unspecified atom stereocenters. The number of hydrogen-bond donors (Lipinski definition) is 1. The van der Waals surface area contributed by atoms with E-state index in [9.17, 15) is 18.0 Å².